The molecule has 0 aliphatic rings. The summed E-state index contributed by atoms with van der Waals surface area (Å²) in [5.41, 5.74) is 3.03. The molecular weight excluding hydrogens is 314 g/mol. The van der Waals surface area contributed by atoms with Gasteiger partial charge in [0.15, 0.2) is 0 Å². The van der Waals surface area contributed by atoms with Gasteiger partial charge in [0.25, 0.3) is 5.91 Å². The zero-order valence-corrected chi connectivity index (χ0v) is 13.3. The molecule has 104 valence electrons. The van der Waals surface area contributed by atoms with Crippen molar-refractivity contribution in [1.82, 2.24) is 5.32 Å². The zero-order chi connectivity index (χ0) is 14.5. The van der Waals surface area contributed by atoms with Crippen LogP contribution in [0.5, 0.6) is 0 Å². The molecule has 0 unspecified atom stereocenters. The van der Waals surface area contributed by atoms with E-state index in [0.29, 0.717) is 5.56 Å². The topological polar surface area (TPSA) is 29.1 Å². The molecule has 0 saturated carbocycles. The molecule has 2 aromatic rings. The predicted octanol–water partition coefficient (Wildman–Crippen LogP) is 4.64. The Bertz CT molecular complexity index is 592. The summed E-state index contributed by atoms with van der Waals surface area (Å²) in [6.07, 6.45) is 0.860. The fraction of sp³-hybridized carbons (Fsp3) is 0.235. The van der Waals surface area contributed by atoms with Gasteiger partial charge in [-0.15, -0.1) is 0 Å². The van der Waals surface area contributed by atoms with Crippen molar-refractivity contribution in [2.75, 3.05) is 0 Å². The van der Waals surface area contributed by atoms with Gasteiger partial charge in [-0.1, -0.05) is 48.9 Å². The lowest BCUT2D eigenvalue weighted by Gasteiger charge is -2.18. The van der Waals surface area contributed by atoms with Crippen LogP contribution >= 0.6 is 15.9 Å². The first kappa shape index (κ1) is 14.8. The number of aryl methyl sites for hydroxylation is 1. The van der Waals surface area contributed by atoms with E-state index in [0.717, 1.165) is 16.5 Å². The van der Waals surface area contributed by atoms with E-state index in [4.69, 9.17) is 0 Å². The highest BCUT2D eigenvalue weighted by Gasteiger charge is 2.15. The molecule has 0 saturated heterocycles. The van der Waals surface area contributed by atoms with Crippen LogP contribution in [-0.2, 0) is 0 Å². The second kappa shape index (κ2) is 6.71. The van der Waals surface area contributed by atoms with E-state index in [2.05, 4.69) is 59.4 Å². The fourth-order valence-corrected chi connectivity index (χ4v) is 2.57. The molecule has 0 spiro atoms. The van der Waals surface area contributed by atoms with Crippen LogP contribution in [0.3, 0.4) is 0 Å². The Hall–Kier alpha value is -1.61. The van der Waals surface area contributed by atoms with Crippen LogP contribution in [0.25, 0.3) is 0 Å². The summed E-state index contributed by atoms with van der Waals surface area (Å²) in [5.74, 6) is -0.0510. The lowest BCUT2D eigenvalue weighted by molar-refractivity contribution is 0.0935. The van der Waals surface area contributed by atoms with E-state index >= 15 is 0 Å². The molecule has 0 heterocycles. The maximum absolute atomic E-state index is 12.3. The number of hydrogen-bond donors (Lipinski definition) is 1. The lowest BCUT2D eigenvalue weighted by atomic mass is 10.0. The van der Waals surface area contributed by atoms with Crippen LogP contribution in [0.1, 0.15) is 40.9 Å². The maximum atomic E-state index is 12.3. The van der Waals surface area contributed by atoms with Gasteiger partial charge in [0, 0.05) is 4.47 Å². The van der Waals surface area contributed by atoms with E-state index in [1.54, 1.807) is 0 Å². The third-order valence-electron chi connectivity index (χ3n) is 3.31. The second-order valence-corrected chi connectivity index (χ2v) is 5.68. The molecular formula is C17H18BrNO. The number of hydrogen-bond acceptors (Lipinski definition) is 1. The molecule has 1 N–H and O–H groups in total. The van der Waals surface area contributed by atoms with Crippen molar-refractivity contribution >= 4 is 21.8 Å². The Labute approximate surface area is 128 Å². The van der Waals surface area contributed by atoms with Gasteiger partial charge in [-0.3, -0.25) is 4.79 Å². The third kappa shape index (κ3) is 3.48. The normalized spacial score (nSPS) is 11.9. The monoisotopic (exact) mass is 331 g/mol. The van der Waals surface area contributed by atoms with Gasteiger partial charge in [0.2, 0.25) is 0 Å². The highest BCUT2D eigenvalue weighted by Crippen LogP contribution is 2.20. The van der Waals surface area contributed by atoms with Crippen molar-refractivity contribution in [3.05, 3.63) is 69.7 Å². The number of nitrogens with one attached hydrogen (secondary N) is 1. The molecule has 0 aliphatic carbocycles. The number of carbonyl (C=O) groups excluding carboxylic acids is 1. The highest BCUT2D eigenvalue weighted by molar-refractivity contribution is 9.10. The molecule has 1 amide bonds. The van der Waals surface area contributed by atoms with Crippen LogP contribution in [0.2, 0.25) is 0 Å². The van der Waals surface area contributed by atoms with Crippen molar-refractivity contribution in [1.29, 1.82) is 0 Å². The molecule has 0 bridgehead atoms. The molecule has 0 aromatic heterocycles. The van der Waals surface area contributed by atoms with Crippen LogP contribution in [0.4, 0.5) is 0 Å². The summed E-state index contributed by atoms with van der Waals surface area (Å²) >= 11 is 3.41. The first-order valence-electron chi connectivity index (χ1n) is 6.73. The number of rotatable bonds is 4. The largest absolute Gasteiger partial charge is 0.345 e. The summed E-state index contributed by atoms with van der Waals surface area (Å²) in [6, 6.07) is 15.8. The Morgan fingerprint density at radius 1 is 1.15 bits per heavy atom. The standard InChI is InChI=1S/C17H18BrNO/c1-3-16(13-10-8-12(2)9-11-13)19-17(20)14-6-4-5-7-15(14)18/h4-11,16H,3H2,1-2H3,(H,19,20)/t16-/m0/s1. The first-order chi connectivity index (χ1) is 9.61. The van der Waals surface area contributed by atoms with E-state index in [9.17, 15) is 4.79 Å². The van der Waals surface area contributed by atoms with Gasteiger partial charge < -0.3 is 5.32 Å². The summed E-state index contributed by atoms with van der Waals surface area (Å²) < 4.78 is 0.816. The molecule has 0 aliphatic heterocycles. The molecule has 0 radical (unpaired) electrons. The molecule has 20 heavy (non-hydrogen) atoms. The number of amides is 1. The summed E-state index contributed by atoms with van der Waals surface area (Å²) in [6.45, 7) is 4.13. The van der Waals surface area contributed by atoms with Crippen molar-refractivity contribution in [2.45, 2.75) is 26.3 Å². The first-order valence-corrected chi connectivity index (χ1v) is 7.53. The van der Waals surface area contributed by atoms with Crippen LogP contribution < -0.4 is 5.32 Å². The van der Waals surface area contributed by atoms with Crippen molar-refractivity contribution in [3.8, 4) is 0 Å². The summed E-state index contributed by atoms with van der Waals surface area (Å²) in [4.78, 5) is 12.3. The van der Waals surface area contributed by atoms with Gasteiger partial charge in [-0.25, -0.2) is 0 Å². The van der Waals surface area contributed by atoms with Gasteiger partial charge in [-0.05, 0) is 47.0 Å². The van der Waals surface area contributed by atoms with Gasteiger partial charge >= 0.3 is 0 Å². The van der Waals surface area contributed by atoms with E-state index in [1.807, 2.05) is 24.3 Å². The minimum atomic E-state index is -0.0510. The quantitative estimate of drug-likeness (QED) is 0.868. The highest BCUT2D eigenvalue weighted by atomic mass is 79.9. The summed E-state index contributed by atoms with van der Waals surface area (Å²) in [7, 11) is 0. The van der Waals surface area contributed by atoms with Crippen molar-refractivity contribution < 1.29 is 4.79 Å². The second-order valence-electron chi connectivity index (χ2n) is 4.82. The Morgan fingerprint density at radius 2 is 1.80 bits per heavy atom. The average molecular weight is 332 g/mol. The molecule has 0 fully saturated rings. The van der Waals surface area contributed by atoms with E-state index < -0.39 is 0 Å². The minimum Gasteiger partial charge on any atom is -0.345 e. The van der Waals surface area contributed by atoms with E-state index in [-0.39, 0.29) is 11.9 Å². The predicted molar refractivity (Wildman–Crippen MR) is 85.8 cm³/mol. The zero-order valence-electron chi connectivity index (χ0n) is 11.7. The fourth-order valence-electron chi connectivity index (χ4n) is 2.10. The molecule has 3 heteroatoms. The average Bonchev–Trinajstić information content (AvgIpc) is 2.46. The maximum Gasteiger partial charge on any atom is 0.252 e. The SMILES string of the molecule is CC[C@H](NC(=O)c1ccccc1Br)c1ccc(C)cc1. The number of halogens is 1. The van der Waals surface area contributed by atoms with Crippen LogP contribution in [-0.4, -0.2) is 5.91 Å². The number of carbonyl (C=O) groups is 1. The summed E-state index contributed by atoms with van der Waals surface area (Å²) in [5, 5.41) is 3.09. The molecule has 2 aromatic carbocycles. The molecule has 2 nitrogen and oxygen atoms in total. The van der Waals surface area contributed by atoms with Gasteiger partial charge in [-0.2, -0.15) is 0 Å². The van der Waals surface area contributed by atoms with Gasteiger partial charge in [0.1, 0.15) is 0 Å². The lowest BCUT2D eigenvalue weighted by Crippen LogP contribution is -2.28. The minimum absolute atomic E-state index is 0.0372. The van der Waals surface area contributed by atoms with Crippen LogP contribution in [0, 0.1) is 6.92 Å². The Morgan fingerprint density at radius 3 is 2.40 bits per heavy atom. The number of benzene rings is 2. The van der Waals surface area contributed by atoms with Crippen LogP contribution in [0.15, 0.2) is 53.0 Å². The van der Waals surface area contributed by atoms with Crippen molar-refractivity contribution in [3.63, 3.8) is 0 Å². The Balaban J connectivity index is 2.16. The molecule has 1 atom stereocenters. The Kier molecular flexibility index (Phi) is 4.96. The smallest absolute Gasteiger partial charge is 0.252 e. The third-order valence-corrected chi connectivity index (χ3v) is 4.00. The van der Waals surface area contributed by atoms with Crippen molar-refractivity contribution in [2.24, 2.45) is 0 Å². The molecule has 2 rings (SSSR count). The van der Waals surface area contributed by atoms with E-state index in [1.165, 1.54) is 5.56 Å². The van der Waals surface area contributed by atoms with Gasteiger partial charge in [0.05, 0.1) is 11.6 Å².